The van der Waals surface area contributed by atoms with Gasteiger partial charge in [-0.1, -0.05) is 91.0 Å². The van der Waals surface area contributed by atoms with Crippen LogP contribution in [-0.4, -0.2) is 9.13 Å². The van der Waals surface area contributed by atoms with E-state index in [4.69, 9.17) is 0 Å². The predicted molar refractivity (Wildman–Crippen MR) is 195 cm³/mol. The summed E-state index contributed by atoms with van der Waals surface area (Å²) in [4.78, 5) is 0. The van der Waals surface area contributed by atoms with Gasteiger partial charge in [-0.2, -0.15) is 10.5 Å². The lowest BCUT2D eigenvalue weighted by Gasteiger charge is -2.16. The van der Waals surface area contributed by atoms with Gasteiger partial charge in [-0.25, -0.2) is 0 Å². The van der Waals surface area contributed by atoms with Crippen LogP contribution in [0.1, 0.15) is 11.1 Å². The Hall–Kier alpha value is -6.88. The van der Waals surface area contributed by atoms with Crippen molar-refractivity contribution in [3.63, 3.8) is 0 Å². The van der Waals surface area contributed by atoms with Crippen molar-refractivity contribution < 1.29 is 0 Å². The molecule has 0 bridgehead atoms. The molecule has 4 heteroatoms. The summed E-state index contributed by atoms with van der Waals surface area (Å²) < 4.78 is 4.70. The van der Waals surface area contributed by atoms with Crippen LogP contribution in [0.2, 0.25) is 0 Å². The molecule has 0 aliphatic carbocycles. The summed E-state index contributed by atoms with van der Waals surface area (Å²) >= 11 is 0. The molecule has 9 aromatic rings. The average molecular weight is 611 g/mol. The lowest BCUT2D eigenvalue weighted by Crippen LogP contribution is -1.97. The first-order valence-corrected chi connectivity index (χ1v) is 15.9. The first-order chi connectivity index (χ1) is 23.7. The van der Waals surface area contributed by atoms with Crippen LogP contribution < -0.4 is 0 Å². The maximum absolute atomic E-state index is 9.71. The molecule has 2 heterocycles. The predicted octanol–water partition coefficient (Wildman–Crippen LogP) is 11.0. The van der Waals surface area contributed by atoms with Crippen LogP contribution in [0.3, 0.4) is 0 Å². The van der Waals surface area contributed by atoms with Crippen molar-refractivity contribution in [3.05, 3.63) is 169 Å². The van der Waals surface area contributed by atoms with E-state index in [1.807, 2.05) is 30.3 Å². The van der Waals surface area contributed by atoms with Crippen LogP contribution in [0.5, 0.6) is 0 Å². The van der Waals surface area contributed by atoms with E-state index in [1.54, 1.807) is 6.07 Å². The molecule has 0 aliphatic heterocycles. The molecule has 0 saturated carbocycles. The zero-order chi connectivity index (χ0) is 32.2. The number of aromatic nitrogens is 2. The molecule has 0 amide bonds. The highest BCUT2D eigenvalue weighted by Crippen LogP contribution is 2.39. The van der Waals surface area contributed by atoms with E-state index in [0.29, 0.717) is 11.1 Å². The average Bonchev–Trinajstić information content (AvgIpc) is 3.67. The van der Waals surface area contributed by atoms with E-state index in [0.717, 1.165) is 44.7 Å². The van der Waals surface area contributed by atoms with Crippen molar-refractivity contribution >= 4 is 43.6 Å². The lowest BCUT2D eigenvalue weighted by atomic mass is 9.92. The highest BCUT2D eigenvalue weighted by atomic mass is 15.0. The van der Waals surface area contributed by atoms with Crippen molar-refractivity contribution in [3.8, 4) is 45.8 Å². The number of para-hydroxylation sites is 3. The number of hydrogen-bond donors (Lipinski definition) is 0. The Kier molecular flexibility index (Phi) is 6.22. The second-order valence-electron chi connectivity index (χ2n) is 12.0. The van der Waals surface area contributed by atoms with E-state index >= 15 is 0 Å². The van der Waals surface area contributed by atoms with Crippen molar-refractivity contribution in [2.24, 2.45) is 0 Å². The molecule has 0 N–H and O–H groups in total. The molecule has 0 radical (unpaired) electrons. The molecule has 48 heavy (non-hydrogen) atoms. The van der Waals surface area contributed by atoms with Gasteiger partial charge in [0.05, 0.1) is 45.3 Å². The number of benzene rings is 7. The third kappa shape index (κ3) is 4.22. The standard InChI is InChI=1S/C44H26N4/c45-27-29-22-30(28-46)24-32(23-29)35-20-18-33(25-39(35)31-10-2-1-3-11-31)48-43-17-9-6-14-38(43)40-26-34(19-21-44(40)48)47-41-15-7-4-12-36(41)37-13-5-8-16-42(37)47/h1-26H. The third-order valence-electron chi connectivity index (χ3n) is 9.34. The maximum atomic E-state index is 9.71. The van der Waals surface area contributed by atoms with E-state index < -0.39 is 0 Å². The Morgan fingerprint density at radius 3 is 1.42 bits per heavy atom. The number of hydrogen-bond acceptors (Lipinski definition) is 2. The number of nitrogens with zero attached hydrogens (tertiary/aromatic N) is 4. The normalized spacial score (nSPS) is 11.3. The number of nitriles is 2. The molecule has 0 saturated heterocycles. The molecule has 0 spiro atoms. The van der Waals surface area contributed by atoms with Gasteiger partial charge in [0.15, 0.2) is 0 Å². The molecule has 9 rings (SSSR count). The van der Waals surface area contributed by atoms with Crippen LogP contribution in [0, 0.1) is 22.7 Å². The van der Waals surface area contributed by atoms with Crippen molar-refractivity contribution in [2.75, 3.05) is 0 Å². The third-order valence-corrected chi connectivity index (χ3v) is 9.34. The van der Waals surface area contributed by atoms with Gasteiger partial charge in [0.25, 0.3) is 0 Å². The fraction of sp³-hybridized carbons (Fsp3) is 0. The molecule has 2 aromatic heterocycles. The Bertz CT molecular complexity index is 2720. The number of fused-ring (bicyclic) bond motifs is 6. The molecule has 4 nitrogen and oxygen atoms in total. The van der Waals surface area contributed by atoms with Crippen LogP contribution in [-0.2, 0) is 0 Å². The summed E-state index contributed by atoms with van der Waals surface area (Å²) in [6.45, 7) is 0. The van der Waals surface area contributed by atoms with Crippen molar-refractivity contribution in [2.45, 2.75) is 0 Å². The lowest BCUT2D eigenvalue weighted by molar-refractivity contribution is 1.17. The van der Waals surface area contributed by atoms with Gasteiger partial charge in [-0.15, -0.1) is 0 Å². The zero-order valence-corrected chi connectivity index (χ0v) is 25.8. The SMILES string of the molecule is N#Cc1cc(C#N)cc(-c2ccc(-n3c4ccccc4c4cc(-n5c6ccccc6c6ccccc65)ccc43)cc2-c2ccccc2)c1. The van der Waals surface area contributed by atoms with Gasteiger partial charge in [-0.3, -0.25) is 0 Å². The molecule has 0 atom stereocenters. The summed E-state index contributed by atoms with van der Waals surface area (Å²) in [7, 11) is 0. The molecule has 0 fully saturated rings. The van der Waals surface area contributed by atoms with Gasteiger partial charge in [0.1, 0.15) is 0 Å². The quantitative estimate of drug-likeness (QED) is 0.199. The summed E-state index contributed by atoms with van der Waals surface area (Å²) in [5.41, 5.74) is 11.6. The maximum Gasteiger partial charge on any atom is 0.0992 e. The van der Waals surface area contributed by atoms with Crippen molar-refractivity contribution in [1.29, 1.82) is 10.5 Å². The summed E-state index contributed by atoms with van der Waals surface area (Å²) in [5.74, 6) is 0. The summed E-state index contributed by atoms with van der Waals surface area (Å²) in [6, 6.07) is 59.1. The smallest absolute Gasteiger partial charge is 0.0992 e. The summed E-state index contributed by atoms with van der Waals surface area (Å²) in [6.07, 6.45) is 0. The van der Waals surface area contributed by atoms with Crippen molar-refractivity contribution in [1.82, 2.24) is 9.13 Å². The fourth-order valence-electron chi connectivity index (χ4n) is 7.27. The first-order valence-electron chi connectivity index (χ1n) is 15.9. The van der Waals surface area contributed by atoms with Gasteiger partial charge in [-0.05, 0) is 89.0 Å². The second kappa shape index (κ2) is 10.9. The first kappa shape index (κ1) is 27.4. The molecule has 0 aliphatic rings. The highest BCUT2D eigenvalue weighted by molar-refractivity contribution is 6.12. The Balaban J connectivity index is 1.29. The van der Waals surface area contributed by atoms with Gasteiger partial charge in [0, 0.05) is 32.9 Å². The van der Waals surface area contributed by atoms with Gasteiger partial charge in [0.2, 0.25) is 0 Å². The zero-order valence-electron chi connectivity index (χ0n) is 25.8. The van der Waals surface area contributed by atoms with E-state index in [9.17, 15) is 10.5 Å². The van der Waals surface area contributed by atoms with Crippen LogP contribution >= 0.6 is 0 Å². The largest absolute Gasteiger partial charge is 0.309 e. The summed E-state index contributed by atoms with van der Waals surface area (Å²) in [5, 5.41) is 24.3. The van der Waals surface area contributed by atoms with E-state index in [2.05, 4.69) is 143 Å². The van der Waals surface area contributed by atoms with Crippen LogP contribution in [0.15, 0.2) is 158 Å². The van der Waals surface area contributed by atoms with Crippen LogP contribution in [0.4, 0.5) is 0 Å². The Morgan fingerprint density at radius 2 is 0.833 bits per heavy atom. The number of rotatable bonds is 4. The highest BCUT2D eigenvalue weighted by Gasteiger charge is 2.18. The topological polar surface area (TPSA) is 57.4 Å². The minimum absolute atomic E-state index is 0.466. The van der Waals surface area contributed by atoms with E-state index in [1.165, 1.54) is 32.6 Å². The van der Waals surface area contributed by atoms with Gasteiger partial charge >= 0.3 is 0 Å². The minimum Gasteiger partial charge on any atom is -0.309 e. The minimum atomic E-state index is 0.466. The second-order valence-corrected chi connectivity index (χ2v) is 12.0. The van der Waals surface area contributed by atoms with E-state index in [-0.39, 0.29) is 0 Å². The monoisotopic (exact) mass is 610 g/mol. The molecule has 7 aromatic carbocycles. The molecule has 0 unspecified atom stereocenters. The molecular formula is C44H26N4. The Labute approximate surface area is 277 Å². The van der Waals surface area contributed by atoms with Crippen LogP contribution in [0.25, 0.3) is 77.2 Å². The molecular weight excluding hydrogens is 585 g/mol. The Morgan fingerprint density at radius 1 is 0.354 bits per heavy atom. The van der Waals surface area contributed by atoms with Gasteiger partial charge < -0.3 is 9.13 Å². The molecule has 222 valence electrons. The fourth-order valence-corrected chi connectivity index (χ4v) is 7.27.